The molecule has 0 radical (unpaired) electrons. The molecule has 0 fully saturated rings. The first-order valence-corrected chi connectivity index (χ1v) is 8.03. The van der Waals surface area contributed by atoms with Crippen LogP contribution in [0.4, 0.5) is 0 Å². The van der Waals surface area contributed by atoms with Crippen molar-refractivity contribution in [3.8, 4) is 0 Å². The van der Waals surface area contributed by atoms with Crippen molar-refractivity contribution < 1.29 is 9.32 Å². The smallest absolute Gasteiger partial charge is 0.211 e. The topological polar surface area (TPSA) is 38.3 Å². The lowest BCUT2D eigenvalue weighted by Crippen LogP contribution is -2.39. The molecule has 0 aliphatic heterocycles. The number of hydrogen-bond donors (Lipinski definition) is 1. The first-order chi connectivity index (χ1) is 5.97. The van der Waals surface area contributed by atoms with Gasteiger partial charge in [0.25, 0.3) is 0 Å². The summed E-state index contributed by atoms with van der Waals surface area (Å²) in [5, 5.41) is 0. The summed E-state index contributed by atoms with van der Waals surface area (Å²) in [5.41, 5.74) is 3.00. The van der Waals surface area contributed by atoms with Crippen molar-refractivity contribution in [2.24, 2.45) is 0 Å². The summed E-state index contributed by atoms with van der Waals surface area (Å²) in [6, 6.07) is 0.212. The summed E-state index contributed by atoms with van der Waals surface area (Å²) in [6.07, 6.45) is 4.99. The standard InChI is InChI=1S/C9H17NO2Si/c1-13(2,3)12-10-8-4-6-9(11)7-5-8/h4,6,8,10H,5,7H2,1-3H3. The zero-order valence-corrected chi connectivity index (χ0v) is 9.46. The number of carbonyl (C=O) groups excluding carboxylic acids is 1. The average molecular weight is 199 g/mol. The Bertz CT molecular complexity index is 220. The Hall–Kier alpha value is -0.453. The van der Waals surface area contributed by atoms with Crippen LogP contribution in [0.5, 0.6) is 0 Å². The molecule has 4 heteroatoms. The highest BCUT2D eigenvalue weighted by molar-refractivity contribution is 6.69. The fourth-order valence-electron chi connectivity index (χ4n) is 1.05. The molecule has 1 rings (SSSR count). The maximum Gasteiger partial charge on any atom is 0.211 e. The average Bonchev–Trinajstić information content (AvgIpc) is 2.02. The monoisotopic (exact) mass is 199 g/mol. The zero-order valence-electron chi connectivity index (χ0n) is 8.46. The highest BCUT2D eigenvalue weighted by atomic mass is 28.4. The Balaban J connectivity index is 2.31. The SMILES string of the molecule is C[Si](C)(C)ONC1C=CC(=O)CC1. The van der Waals surface area contributed by atoms with E-state index in [1.54, 1.807) is 6.08 Å². The molecule has 0 heterocycles. The molecular formula is C9H17NO2Si. The first-order valence-electron chi connectivity index (χ1n) is 4.62. The molecule has 0 spiro atoms. The minimum atomic E-state index is -1.49. The lowest BCUT2D eigenvalue weighted by Gasteiger charge is -2.23. The predicted molar refractivity (Wildman–Crippen MR) is 54.7 cm³/mol. The van der Waals surface area contributed by atoms with Gasteiger partial charge in [0.15, 0.2) is 5.78 Å². The fraction of sp³-hybridized carbons (Fsp3) is 0.667. The zero-order chi connectivity index (χ0) is 9.90. The van der Waals surface area contributed by atoms with Crippen molar-refractivity contribution >= 4 is 14.1 Å². The largest absolute Gasteiger partial charge is 0.345 e. The van der Waals surface area contributed by atoms with Gasteiger partial charge >= 0.3 is 0 Å². The summed E-state index contributed by atoms with van der Waals surface area (Å²) >= 11 is 0. The second kappa shape index (κ2) is 4.17. The van der Waals surface area contributed by atoms with Gasteiger partial charge in [0.2, 0.25) is 8.32 Å². The van der Waals surface area contributed by atoms with Crippen molar-refractivity contribution in [2.45, 2.75) is 38.5 Å². The third-order valence-corrected chi connectivity index (χ3v) is 2.46. The van der Waals surface area contributed by atoms with E-state index >= 15 is 0 Å². The lowest BCUT2D eigenvalue weighted by atomic mass is 10.0. The van der Waals surface area contributed by atoms with Crippen LogP contribution in [0.3, 0.4) is 0 Å². The first kappa shape index (κ1) is 10.6. The van der Waals surface area contributed by atoms with Crippen LogP contribution in [0.15, 0.2) is 12.2 Å². The van der Waals surface area contributed by atoms with Crippen LogP contribution in [-0.2, 0) is 9.32 Å². The fourth-order valence-corrected chi connectivity index (χ4v) is 1.56. The molecule has 0 amide bonds. The van der Waals surface area contributed by atoms with Crippen molar-refractivity contribution in [3.63, 3.8) is 0 Å². The van der Waals surface area contributed by atoms with Gasteiger partial charge in [-0.1, -0.05) is 6.08 Å². The third kappa shape index (κ3) is 4.35. The molecule has 0 bridgehead atoms. The highest BCUT2D eigenvalue weighted by Gasteiger charge is 2.18. The molecular weight excluding hydrogens is 182 g/mol. The predicted octanol–water partition coefficient (Wildman–Crippen LogP) is 1.63. The minimum Gasteiger partial charge on any atom is -0.345 e. The van der Waals surface area contributed by atoms with Gasteiger partial charge in [-0.05, 0) is 32.1 Å². The van der Waals surface area contributed by atoms with E-state index in [4.69, 9.17) is 4.53 Å². The van der Waals surface area contributed by atoms with Crippen molar-refractivity contribution in [1.29, 1.82) is 0 Å². The van der Waals surface area contributed by atoms with Gasteiger partial charge in [-0.25, -0.2) is 5.48 Å². The number of carbonyl (C=O) groups is 1. The number of nitrogens with one attached hydrogen (secondary N) is 1. The summed E-state index contributed by atoms with van der Waals surface area (Å²) < 4.78 is 5.53. The van der Waals surface area contributed by atoms with E-state index in [-0.39, 0.29) is 11.8 Å². The van der Waals surface area contributed by atoms with Crippen molar-refractivity contribution in [3.05, 3.63) is 12.2 Å². The Morgan fingerprint density at radius 3 is 2.69 bits per heavy atom. The molecule has 1 N–H and O–H groups in total. The van der Waals surface area contributed by atoms with Gasteiger partial charge in [0.1, 0.15) is 0 Å². The molecule has 1 atom stereocenters. The van der Waals surface area contributed by atoms with E-state index in [0.717, 1.165) is 6.42 Å². The molecule has 0 saturated carbocycles. The van der Waals surface area contributed by atoms with Crippen molar-refractivity contribution in [2.75, 3.05) is 0 Å². The molecule has 0 aromatic rings. The maximum atomic E-state index is 10.9. The van der Waals surface area contributed by atoms with Crippen LogP contribution in [0.25, 0.3) is 0 Å². The number of hydrogen-bond acceptors (Lipinski definition) is 3. The van der Waals surface area contributed by atoms with E-state index in [9.17, 15) is 4.79 Å². The van der Waals surface area contributed by atoms with Crippen LogP contribution in [-0.4, -0.2) is 20.1 Å². The van der Waals surface area contributed by atoms with Crippen LogP contribution in [0.1, 0.15) is 12.8 Å². The molecule has 0 saturated heterocycles. The second-order valence-electron chi connectivity index (χ2n) is 4.30. The molecule has 1 aliphatic carbocycles. The van der Waals surface area contributed by atoms with Gasteiger partial charge in [-0.2, -0.15) is 0 Å². The van der Waals surface area contributed by atoms with E-state index in [1.807, 2.05) is 6.08 Å². The number of ketones is 1. The molecule has 0 aromatic carbocycles. The number of hydroxylamine groups is 1. The second-order valence-corrected chi connectivity index (χ2v) is 8.73. The lowest BCUT2D eigenvalue weighted by molar-refractivity contribution is -0.115. The van der Waals surface area contributed by atoms with Gasteiger partial charge < -0.3 is 4.53 Å². The van der Waals surface area contributed by atoms with Gasteiger partial charge in [0.05, 0.1) is 0 Å². The van der Waals surface area contributed by atoms with E-state index < -0.39 is 8.32 Å². The van der Waals surface area contributed by atoms with Gasteiger partial charge in [0, 0.05) is 12.5 Å². The Kier molecular flexibility index (Phi) is 3.41. The normalized spacial score (nSPS) is 23.6. The molecule has 1 unspecified atom stereocenters. The quantitative estimate of drug-likeness (QED) is 0.554. The van der Waals surface area contributed by atoms with Crippen LogP contribution in [0.2, 0.25) is 19.6 Å². The van der Waals surface area contributed by atoms with Crippen LogP contribution in [0, 0.1) is 0 Å². The number of allylic oxidation sites excluding steroid dienone is 1. The third-order valence-electron chi connectivity index (χ3n) is 1.73. The van der Waals surface area contributed by atoms with Crippen LogP contribution < -0.4 is 5.48 Å². The Morgan fingerprint density at radius 1 is 1.54 bits per heavy atom. The molecule has 74 valence electrons. The van der Waals surface area contributed by atoms with Gasteiger partial charge in [-0.3, -0.25) is 4.79 Å². The molecule has 0 aromatic heterocycles. The summed E-state index contributed by atoms with van der Waals surface area (Å²) in [5.74, 6) is 0.214. The summed E-state index contributed by atoms with van der Waals surface area (Å²) in [7, 11) is -1.49. The van der Waals surface area contributed by atoms with E-state index in [1.165, 1.54) is 0 Å². The van der Waals surface area contributed by atoms with Crippen LogP contribution >= 0.6 is 0 Å². The molecule has 1 aliphatic rings. The number of rotatable bonds is 3. The van der Waals surface area contributed by atoms with E-state index in [0.29, 0.717) is 6.42 Å². The Morgan fingerprint density at radius 2 is 2.23 bits per heavy atom. The summed E-state index contributed by atoms with van der Waals surface area (Å²) in [6.45, 7) is 6.37. The van der Waals surface area contributed by atoms with E-state index in [2.05, 4.69) is 25.1 Å². The summed E-state index contributed by atoms with van der Waals surface area (Å²) in [4.78, 5) is 10.9. The Labute approximate surface area is 80.2 Å². The molecule has 3 nitrogen and oxygen atoms in total. The molecule has 13 heavy (non-hydrogen) atoms. The van der Waals surface area contributed by atoms with Gasteiger partial charge in [-0.15, -0.1) is 0 Å². The highest BCUT2D eigenvalue weighted by Crippen LogP contribution is 2.09. The van der Waals surface area contributed by atoms with Crippen molar-refractivity contribution in [1.82, 2.24) is 5.48 Å². The minimum absolute atomic E-state index is 0.212. The maximum absolute atomic E-state index is 10.9.